The van der Waals surface area contributed by atoms with Gasteiger partial charge in [-0.15, -0.1) is 0 Å². The SMILES string of the molecule is CC(=O)[C@H](CCC(O)=S)C(=O)O. The van der Waals surface area contributed by atoms with Crippen molar-refractivity contribution in [2.75, 3.05) is 0 Å². The summed E-state index contributed by atoms with van der Waals surface area (Å²) < 4.78 is 0. The van der Waals surface area contributed by atoms with Crippen LogP contribution < -0.4 is 0 Å². The highest BCUT2D eigenvalue weighted by atomic mass is 32.1. The Morgan fingerprint density at radius 3 is 2.17 bits per heavy atom. The van der Waals surface area contributed by atoms with Crippen molar-refractivity contribution >= 4 is 29.0 Å². The number of thiocarbonyl (C=S) groups is 1. The summed E-state index contributed by atoms with van der Waals surface area (Å²) in [6.45, 7) is 1.21. The topological polar surface area (TPSA) is 74.6 Å². The Bertz CT molecular complexity index is 197. The second-order valence-electron chi connectivity index (χ2n) is 2.43. The van der Waals surface area contributed by atoms with Crippen LogP contribution in [0, 0.1) is 5.92 Å². The molecule has 0 aromatic rings. The van der Waals surface area contributed by atoms with Crippen molar-refractivity contribution < 1.29 is 19.8 Å². The molecule has 2 N–H and O–H groups in total. The lowest BCUT2D eigenvalue weighted by atomic mass is 10.00. The van der Waals surface area contributed by atoms with Crippen LogP contribution in [0.2, 0.25) is 0 Å². The van der Waals surface area contributed by atoms with E-state index in [1.165, 1.54) is 6.92 Å². The van der Waals surface area contributed by atoms with Crippen molar-refractivity contribution in [2.45, 2.75) is 19.8 Å². The van der Waals surface area contributed by atoms with Gasteiger partial charge in [0.1, 0.15) is 11.7 Å². The second kappa shape index (κ2) is 4.82. The third-order valence-corrected chi connectivity index (χ3v) is 1.64. The van der Waals surface area contributed by atoms with Gasteiger partial charge in [-0.25, -0.2) is 0 Å². The van der Waals surface area contributed by atoms with Gasteiger partial charge in [0, 0.05) is 6.42 Å². The Morgan fingerprint density at radius 1 is 1.42 bits per heavy atom. The van der Waals surface area contributed by atoms with E-state index >= 15 is 0 Å². The molecule has 0 saturated carbocycles. The molecule has 0 radical (unpaired) electrons. The molecule has 4 nitrogen and oxygen atoms in total. The Morgan fingerprint density at radius 2 is 1.92 bits per heavy atom. The van der Waals surface area contributed by atoms with Crippen LogP contribution in [0.15, 0.2) is 0 Å². The molecule has 5 heteroatoms. The van der Waals surface area contributed by atoms with Crippen LogP contribution in [-0.4, -0.2) is 27.0 Å². The largest absolute Gasteiger partial charge is 0.502 e. The van der Waals surface area contributed by atoms with Crippen LogP contribution in [-0.2, 0) is 9.59 Å². The summed E-state index contributed by atoms with van der Waals surface area (Å²) >= 11 is 4.34. The number of hydrogen-bond donors (Lipinski definition) is 2. The number of hydrogen-bond acceptors (Lipinski definition) is 3. The predicted molar refractivity (Wildman–Crippen MR) is 46.3 cm³/mol. The first-order valence-electron chi connectivity index (χ1n) is 3.40. The van der Waals surface area contributed by atoms with E-state index in [9.17, 15) is 9.59 Å². The van der Waals surface area contributed by atoms with Gasteiger partial charge in [0.15, 0.2) is 5.05 Å². The summed E-state index contributed by atoms with van der Waals surface area (Å²) in [5.41, 5.74) is 0. The van der Waals surface area contributed by atoms with Crippen LogP contribution in [0.25, 0.3) is 0 Å². The molecule has 0 heterocycles. The summed E-state index contributed by atoms with van der Waals surface area (Å²) in [5.74, 6) is -2.63. The summed E-state index contributed by atoms with van der Waals surface area (Å²) in [4.78, 5) is 21.1. The number of aliphatic carboxylic acids is 1. The van der Waals surface area contributed by atoms with E-state index in [1.807, 2.05) is 0 Å². The molecule has 0 aliphatic heterocycles. The Kier molecular flexibility index (Phi) is 4.43. The summed E-state index contributed by atoms with van der Waals surface area (Å²) in [7, 11) is 0. The molecule has 68 valence electrons. The quantitative estimate of drug-likeness (QED) is 0.498. The van der Waals surface area contributed by atoms with Crippen LogP contribution in [0.5, 0.6) is 0 Å². The Balaban J connectivity index is 4.06. The van der Waals surface area contributed by atoms with Crippen molar-refractivity contribution in [1.82, 2.24) is 0 Å². The van der Waals surface area contributed by atoms with Gasteiger partial charge in [-0.3, -0.25) is 9.59 Å². The average molecular weight is 190 g/mol. The Labute approximate surface area is 75.2 Å². The van der Waals surface area contributed by atoms with Gasteiger partial charge in [-0.05, 0) is 25.6 Å². The van der Waals surface area contributed by atoms with Crippen molar-refractivity contribution in [3.05, 3.63) is 0 Å². The van der Waals surface area contributed by atoms with E-state index in [-0.39, 0.29) is 17.9 Å². The first-order valence-corrected chi connectivity index (χ1v) is 3.81. The van der Waals surface area contributed by atoms with Gasteiger partial charge in [0.05, 0.1) is 0 Å². The summed E-state index contributed by atoms with van der Waals surface area (Å²) in [6, 6.07) is 0. The number of rotatable bonds is 5. The maximum absolute atomic E-state index is 10.7. The lowest BCUT2D eigenvalue weighted by Crippen LogP contribution is -2.22. The van der Waals surface area contributed by atoms with Gasteiger partial charge >= 0.3 is 5.97 Å². The third-order valence-electron chi connectivity index (χ3n) is 1.44. The highest BCUT2D eigenvalue weighted by Crippen LogP contribution is 2.08. The molecule has 0 aliphatic rings. The van der Waals surface area contributed by atoms with E-state index < -0.39 is 17.7 Å². The number of ketones is 1. The molecule has 0 fully saturated rings. The monoisotopic (exact) mass is 190 g/mol. The van der Waals surface area contributed by atoms with Crippen molar-refractivity contribution in [3.8, 4) is 0 Å². The molecule has 0 unspecified atom stereocenters. The minimum absolute atomic E-state index is 0.0694. The molecule has 12 heavy (non-hydrogen) atoms. The molecule has 0 aliphatic carbocycles. The van der Waals surface area contributed by atoms with Gasteiger partial charge in [-0.1, -0.05) is 0 Å². The fourth-order valence-electron chi connectivity index (χ4n) is 0.768. The van der Waals surface area contributed by atoms with Crippen LogP contribution in [0.4, 0.5) is 0 Å². The standard InChI is InChI=1S/C7H10O4S/c1-4(8)5(7(10)11)2-3-6(9)12/h5H,2-3H2,1H3,(H,9,12)(H,10,11)/t5-/m0/s1. The summed E-state index contributed by atoms with van der Waals surface area (Å²) in [6.07, 6.45) is 0.145. The van der Waals surface area contributed by atoms with Crippen molar-refractivity contribution in [1.29, 1.82) is 0 Å². The second-order valence-corrected chi connectivity index (χ2v) is 2.91. The molecule has 0 aromatic carbocycles. The molecule has 0 amide bonds. The minimum atomic E-state index is -1.17. The zero-order valence-corrected chi connectivity index (χ0v) is 7.43. The first-order chi connectivity index (χ1) is 5.45. The molecule has 1 atom stereocenters. The van der Waals surface area contributed by atoms with Gasteiger partial charge in [0.2, 0.25) is 0 Å². The number of aliphatic hydroxyl groups excluding tert-OH is 1. The van der Waals surface area contributed by atoms with Crippen molar-refractivity contribution in [3.63, 3.8) is 0 Å². The number of carbonyl (C=O) groups is 2. The molecule has 0 spiro atoms. The lowest BCUT2D eigenvalue weighted by Gasteiger charge is -2.06. The smallest absolute Gasteiger partial charge is 0.314 e. The maximum Gasteiger partial charge on any atom is 0.314 e. The van der Waals surface area contributed by atoms with E-state index in [0.29, 0.717) is 0 Å². The fourth-order valence-corrected chi connectivity index (χ4v) is 0.886. The zero-order valence-electron chi connectivity index (χ0n) is 6.61. The number of Topliss-reactive ketones (excluding diaryl/α,β-unsaturated/α-hetero) is 1. The minimum Gasteiger partial charge on any atom is -0.502 e. The molecule has 0 rings (SSSR count). The van der Waals surface area contributed by atoms with Crippen molar-refractivity contribution in [2.24, 2.45) is 5.92 Å². The maximum atomic E-state index is 10.7. The third kappa shape index (κ3) is 4.02. The van der Waals surface area contributed by atoms with Crippen LogP contribution in [0.3, 0.4) is 0 Å². The highest BCUT2D eigenvalue weighted by molar-refractivity contribution is 7.80. The van der Waals surface area contributed by atoms with Crippen LogP contribution in [0.1, 0.15) is 19.8 Å². The van der Waals surface area contributed by atoms with Gasteiger partial charge in [0.25, 0.3) is 0 Å². The zero-order chi connectivity index (χ0) is 9.72. The van der Waals surface area contributed by atoms with E-state index in [1.54, 1.807) is 0 Å². The van der Waals surface area contributed by atoms with Gasteiger partial charge in [-0.2, -0.15) is 0 Å². The van der Waals surface area contributed by atoms with E-state index in [2.05, 4.69) is 12.2 Å². The van der Waals surface area contributed by atoms with E-state index in [0.717, 1.165) is 0 Å². The normalized spacial score (nSPS) is 12.1. The number of carboxylic acid groups (broad SMARTS) is 1. The van der Waals surface area contributed by atoms with Crippen LogP contribution >= 0.6 is 12.2 Å². The number of carboxylic acids is 1. The van der Waals surface area contributed by atoms with Gasteiger partial charge < -0.3 is 10.2 Å². The Hall–Kier alpha value is -0.970. The van der Waals surface area contributed by atoms with E-state index in [4.69, 9.17) is 10.2 Å². The predicted octanol–water partition coefficient (Wildman–Crippen LogP) is 0.942. The molecule has 0 bridgehead atoms. The highest BCUT2D eigenvalue weighted by Gasteiger charge is 2.22. The molecular weight excluding hydrogens is 180 g/mol. The first kappa shape index (κ1) is 11.0. The number of aliphatic hydroxyl groups is 1. The number of carbonyl (C=O) groups excluding carboxylic acids is 1. The molecule has 0 aromatic heterocycles. The lowest BCUT2D eigenvalue weighted by molar-refractivity contribution is -0.145. The summed E-state index contributed by atoms with van der Waals surface area (Å²) in [5, 5.41) is 16.8. The fraction of sp³-hybridized carbons (Fsp3) is 0.571. The average Bonchev–Trinajstić information content (AvgIpc) is 1.84. The molecule has 0 saturated heterocycles. The molecular formula is C7H10O4S.